The maximum Gasteiger partial charge on any atom is 0.155 e. The van der Waals surface area contributed by atoms with Gasteiger partial charge >= 0.3 is 0 Å². The largest absolute Gasteiger partial charge is 0.491 e. The minimum absolute atomic E-state index is 0.360. The molecule has 0 aliphatic rings. The first kappa shape index (κ1) is 21.9. The van der Waals surface area contributed by atoms with Gasteiger partial charge in [0.1, 0.15) is 29.3 Å². The molecule has 0 atom stereocenters. The molecule has 0 amide bonds. The highest BCUT2D eigenvalue weighted by atomic mass is 35.5. The van der Waals surface area contributed by atoms with Crippen molar-refractivity contribution >= 4 is 28.8 Å². The number of nitrogens with two attached hydrogens (primary N) is 1. The third-order valence-corrected chi connectivity index (χ3v) is 5.97. The van der Waals surface area contributed by atoms with E-state index in [2.05, 4.69) is 24.9 Å². The van der Waals surface area contributed by atoms with Crippen molar-refractivity contribution in [1.82, 2.24) is 4.98 Å². The van der Waals surface area contributed by atoms with Crippen molar-refractivity contribution in [3.63, 3.8) is 0 Å². The summed E-state index contributed by atoms with van der Waals surface area (Å²) >= 11 is 7.93. The SMILES string of the molecule is CCCOc1c(Cl)cc(C(C)(C)c2ccc(OCc3nc(N)cs3)cc2)cc1C#N. The van der Waals surface area contributed by atoms with Crippen molar-refractivity contribution in [3.8, 4) is 17.6 Å². The first-order valence-electron chi connectivity index (χ1n) is 9.65. The Morgan fingerprint density at radius 2 is 1.90 bits per heavy atom. The predicted octanol–water partition coefficient (Wildman–Crippen LogP) is 5.94. The van der Waals surface area contributed by atoms with Gasteiger partial charge in [0.05, 0.1) is 17.2 Å². The Morgan fingerprint density at radius 1 is 1.17 bits per heavy atom. The number of ether oxygens (including phenoxy) is 2. The Labute approximate surface area is 186 Å². The lowest BCUT2D eigenvalue weighted by atomic mass is 9.77. The standard InChI is InChI=1S/C23H24ClN3O2S/c1-4-9-28-22-15(12-25)10-17(11-19(22)24)23(2,3)16-5-7-18(8-6-16)29-13-21-27-20(26)14-30-21/h5-8,10-11,14H,4,9,13,26H2,1-3H3. The molecule has 1 aromatic heterocycles. The molecule has 2 N–H and O–H groups in total. The molecule has 0 spiro atoms. The minimum atomic E-state index is -0.360. The predicted molar refractivity (Wildman–Crippen MR) is 121 cm³/mol. The Kier molecular flexibility index (Phi) is 6.86. The van der Waals surface area contributed by atoms with E-state index in [9.17, 15) is 5.26 Å². The number of anilines is 1. The fourth-order valence-electron chi connectivity index (χ4n) is 3.06. The average molecular weight is 442 g/mol. The van der Waals surface area contributed by atoms with Crippen molar-refractivity contribution in [2.24, 2.45) is 0 Å². The van der Waals surface area contributed by atoms with Crippen LogP contribution in [0.25, 0.3) is 0 Å². The van der Waals surface area contributed by atoms with E-state index in [4.69, 9.17) is 26.8 Å². The van der Waals surface area contributed by atoms with Crippen molar-refractivity contribution in [2.75, 3.05) is 12.3 Å². The molecule has 0 saturated heterocycles. The number of halogens is 1. The molecule has 2 aromatic carbocycles. The lowest BCUT2D eigenvalue weighted by Gasteiger charge is -2.27. The third kappa shape index (κ3) is 4.86. The normalized spacial score (nSPS) is 11.2. The van der Waals surface area contributed by atoms with Crippen LogP contribution in [-0.4, -0.2) is 11.6 Å². The summed E-state index contributed by atoms with van der Waals surface area (Å²) in [6, 6.07) is 13.8. The highest BCUT2D eigenvalue weighted by molar-refractivity contribution is 7.09. The molecule has 3 aromatic rings. The zero-order valence-corrected chi connectivity index (χ0v) is 18.8. The first-order valence-corrected chi connectivity index (χ1v) is 10.9. The number of aromatic nitrogens is 1. The molecule has 0 unspecified atom stereocenters. The molecule has 7 heteroatoms. The summed E-state index contributed by atoms with van der Waals surface area (Å²) in [6.07, 6.45) is 0.846. The summed E-state index contributed by atoms with van der Waals surface area (Å²) in [5, 5.41) is 12.7. The molecule has 0 aliphatic carbocycles. The van der Waals surface area contributed by atoms with Crippen LogP contribution in [0.4, 0.5) is 5.82 Å². The van der Waals surface area contributed by atoms with Gasteiger partial charge in [0, 0.05) is 10.8 Å². The van der Waals surface area contributed by atoms with Crippen LogP contribution in [0.5, 0.6) is 11.5 Å². The van der Waals surface area contributed by atoms with Gasteiger partial charge in [-0.15, -0.1) is 11.3 Å². The van der Waals surface area contributed by atoms with Crippen LogP contribution < -0.4 is 15.2 Å². The summed E-state index contributed by atoms with van der Waals surface area (Å²) in [5.41, 5.74) is 7.75. The van der Waals surface area contributed by atoms with Crippen molar-refractivity contribution in [2.45, 2.75) is 39.2 Å². The quantitative estimate of drug-likeness (QED) is 0.467. The zero-order chi connectivity index (χ0) is 21.7. The second-order valence-corrected chi connectivity index (χ2v) is 8.75. The number of hydrogen-bond acceptors (Lipinski definition) is 6. The molecular weight excluding hydrogens is 418 g/mol. The fraction of sp³-hybridized carbons (Fsp3) is 0.304. The average Bonchev–Trinajstić information content (AvgIpc) is 3.16. The minimum Gasteiger partial charge on any atom is -0.491 e. The van der Waals surface area contributed by atoms with Crippen LogP contribution in [0, 0.1) is 11.3 Å². The van der Waals surface area contributed by atoms with Gasteiger partial charge in [0.25, 0.3) is 0 Å². The number of nitriles is 1. The summed E-state index contributed by atoms with van der Waals surface area (Å²) < 4.78 is 11.5. The molecule has 156 valence electrons. The molecule has 0 fully saturated rings. The van der Waals surface area contributed by atoms with E-state index in [1.165, 1.54) is 11.3 Å². The molecule has 0 bridgehead atoms. The van der Waals surface area contributed by atoms with E-state index < -0.39 is 0 Å². The van der Waals surface area contributed by atoms with Gasteiger partial charge in [-0.3, -0.25) is 0 Å². The number of benzene rings is 2. The lowest BCUT2D eigenvalue weighted by molar-refractivity contribution is 0.305. The lowest BCUT2D eigenvalue weighted by Crippen LogP contribution is -2.19. The van der Waals surface area contributed by atoms with Crippen molar-refractivity contribution in [3.05, 3.63) is 68.5 Å². The molecule has 0 radical (unpaired) electrons. The van der Waals surface area contributed by atoms with Gasteiger partial charge in [0.15, 0.2) is 5.75 Å². The van der Waals surface area contributed by atoms with Crippen molar-refractivity contribution in [1.29, 1.82) is 5.26 Å². The molecular formula is C23H24ClN3O2S. The highest BCUT2D eigenvalue weighted by Gasteiger charge is 2.26. The third-order valence-electron chi connectivity index (χ3n) is 4.84. The van der Waals surface area contributed by atoms with Gasteiger partial charge in [-0.2, -0.15) is 5.26 Å². The van der Waals surface area contributed by atoms with E-state index >= 15 is 0 Å². The van der Waals surface area contributed by atoms with Crippen LogP contribution in [0.15, 0.2) is 41.8 Å². The Balaban J connectivity index is 1.80. The van der Waals surface area contributed by atoms with Gasteiger partial charge in [-0.05, 0) is 41.8 Å². The molecule has 0 saturated carbocycles. The van der Waals surface area contributed by atoms with Gasteiger partial charge < -0.3 is 15.2 Å². The maximum atomic E-state index is 9.58. The number of thiazole rings is 1. The molecule has 30 heavy (non-hydrogen) atoms. The van der Waals surface area contributed by atoms with Crippen LogP contribution in [0.1, 0.15) is 48.9 Å². The maximum absolute atomic E-state index is 9.58. The summed E-state index contributed by atoms with van der Waals surface area (Å²) in [5.74, 6) is 1.71. The van der Waals surface area contributed by atoms with Crippen LogP contribution in [0.2, 0.25) is 5.02 Å². The topological polar surface area (TPSA) is 81.2 Å². The van der Waals surface area contributed by atoms with Gasteiger partial charge in [0.2, 0.25) is 0 Å². The van der Waals surface area contributed by atoms with E-state index in [-0.39, 0.29) is 5.41 Å². The number of nitrogen functional groups attached to an aromatic ring is 1. The number of hydrogen-bond donors (Lipinski definition) is 1. The first-order chi connectivity index (χ1) is 14.3. The molecule has 3 rings (SSSR count). The van der Waals surface area contributed by atoms with E-state index in [0.29, 0.717) is 35.4 Å². The Bertz CT molecular complexity index is 1060. The monoisotopic (exact) mass is 441 g/mol. The zero-order valence-electron chi connectivity index (χ0n) is 17.2. The second-order valence-electron chi connectivity index (χ2n) is 7.40. The number of nitrogens with zero attached hydrogens (tertiary/aromatic N) is 2. The van der Waals surface area contributed by atoms with Gasteiger partial charge in [-0.1, -0.05) is 44.5 Å². The Hall–Kier alpha value is -2.75. The van der Waals surface area contributed by atoms with E-state index in [1.807, 2.05) is 43.3 Å². The summed E-state index contributed by atoms with van der Waals surface area (Å²) in [4.78, 5) is 4.19. The molecule has 1 heterocycles. The van der Waals surface area contributed by atoms with E-state index in [1.54, 1.807) is 5.38 Å². The summed E-state index contributed by atoms with van der Waals surface area (Å²) in [7, 11) is 0. The van der Waals surface area contributed by atoms with Crippen LogP contribution in [-0.2, 0) is 12.0 Å². The fourth-order valence-corrected chi connectivity index (χ4v) is 3.93. The smallest absolute Gasteiger partial charge is 0.155 e. The second kappa shape index (κ2) is 9.38. The molecule has 5 nitrogen and oxygen atoms in total. The number of rotatable bonds is 8. The Morgan fingerprint density at radius 3 is 2.50 bits per heavy atom. The van der Waals surface area contributed by atoms with E-state index in [0.717, 1.165) is 28.3 Å². The highest BCUT2D eigenvalue weighted by Crippen LogP contribution is 2.38. The van der Waals surface area contributed by atoms with Gasteiger partial charge in [-0.25, -0.2) is 4.98 Å². The van der Waals surface area contributed by atoms with Crippen LogP contribution >= 0.6 is 22.9 Å². The molecule has 0 aliphatic heterocycles. The summed E-state index contributed by atoms with van der Waals surface area (Å²) in [6.45, 7) is 7.11. The van der Waals surface area contributed by atoms with Crippen LogP contribution in [0.3, 0.4) is 0 Å². The van der Waals surface area contributed by atoms with Crippen molar-refractivity contribution < 1.29 is 9.47 Å².